The summed E-state index contributed by atoms with van der Waals surface area (Å²) in [5.74, 6) is -0.713. The van der Waals surface area contributed by atoms with Crippen LogP contribution in [0.5, 0.6) is 0 Å². The lowest BCUT2D eigenvalue weighted by atomic mass is 9.92. The molecule has 0 bridgehead atoms. The van der Waals surface area contributed by atoms with Gasteiger partial charge in [-0.05, 0) is 13.0 Å². The monoisotopic (exact) mass is 326 g/mol. The predicted octanol–water partition coefficient (Wildman–Crippen LogP) is 2.00. The molecule has 1 rings (SSSR count). The van der Waals surface area contributed by atoms with E-state index in [1.165, 1.54) is 10.7 Å². The van der Waals surface area contributed by atoms with E-state index in [-0.39, 0.29) is 30.3 Å². The van der Waals surface area contributed by atoms with Crippen LogP contribution >= 0.6 is 0 Å². The van der Waals surface area contributed by atoms with E-state index in [0.29, 0.717) is 6.54 Å². The number of nitrogens with one attached hydrogen (secondary N) is 1. The Morgan fingerprint density at radius 2 is 2.09 bits per heavy atom. The Balaban J connectivity index is 2.98. The third-order valence-corrected chi connectivity index (χ3v) is 2.92. The van der Waals surface area contributed by atoms with Gasteiger partial charge in [-0.1, -0.05) is 20.8 Å². The van der Waals surface area contributed by atoms with Gasteiger partial charge in [-0.15, -0.1) is 0 Å². The largest absolute Gasteiger partial charge is 0.445 e. The second-order valence-corrected chi connectivity index (χ2v) is 6.03. The minimum absolute atomic E-state index is 0.0514. The highest BCUT2D eigenvalue weighted by molar-refractivity contribution is 5.92. The van der Waals surface area contributed by atoms with Gasteiger partial charge in [-0.2, -0.15) is 5.10 Å². The average molecular weight is 326 g/mol. The number of nitrogens with two attached hydrogens (primary N) is 1. The Hall–Kier alpha value is -2.38. The van der Waals surface area contributed by atoms with Crippen LogP contribution in [0.4, 0.5) is 9.18 Å². The second-order valence-electron chi connectivity index (χ2n) is 6.03. The zero-order valence-corrected chi connectivity index (χ0v) is 13.9. The number of allylic oxidation sites excluding steroid dienone is 1. The number of primary amides is 1. The third kappa shape index (κ3) is 5.72. The normalized spacial score (nSPS) is 12.6. The molecule has 0 aliphatic carbocycles. The molecule has 1 aromatic rings. The van der Waals surface area contributed by atoms with Crippen molar-refractivity contribution in [1.82, 2.24) is 15.1 Å². The first-order valence-electron chi connectivity index (χ1n) is 7.27. The maximum Gasteiger partial charge on any atom is 0.404 e. The summed E-state index contributed by atoms with van der Waals surface area (Å²) >= 11 is 0. The van der Waals surface area contributed by atoms with Crippen LogP contribution in [0.1, 0.15) is 38.2 Å². The maximum atomic E-state index is 14.5. The number of halogens is 1. The van der Waals surface area contributed by atoms with Crippen LogP contribution in [-0.2, 0) is 11.3 Å². The van der Waals surface area contributed by atoms with Crippen LogP contribution < -0.4 is 11.1 Å². The lowest BCUT2D eigenvalue weighted by molar-refractivity contribution is 0.0950. The quantitative estimate of drug-likeness (QED) is 0.835. The van der Waals surface area contributed by atoms with Crippen LogP contribution in [-0.4, -0.2) is 34.9 Å². The minimum atomic E-state index is -0.979. The molecule has 7 nitrogen and oxygen atoms in total. The Morgan fingerprint density at radius 1 is 1.43 bits per heavy atom. The Bertz CT molecular complexity index is 602. The smallest absolute Gasteiger partial charge is 0.404 e. The Labute approximate surface area is 134 Å². The number of nitrogens with zero attached hydrogens (tertiary/aromatic N) is 2. The number of carbonyl (C=O) groups is 2. The Kier molecular flexibility index (Phi) is 6.29. The van der Waals surface area contributed by atoms with Crippen molar-refractivity contribution in [2.75, 3.05) is 13.2 Å². The number of hydrogen-bond donors (Lipinski definition) is 2. The van der Waals surface area contributed by atoms with Crippen molar-refractivity contribution < 1.29 is 18.7 Å². The van der Waals surface area contributed by atoms with Crippen molar-refractivity contribution in [3.8, 4) is 0 Å². The Morgan fingerprint density at radius 3 is 2.61 bits per heavy atom. The molecule has 0 aromatic carbocycles. The number of carbonyl (C=O) groups excluding carboxylic acids is 2. The summed E-state index contributed by atoms with van der Waals surface area (Å²) in [6, 6.07) is 1.53. The highest BCUT2D eigenvalue weighted by Crippen LogP contribution is 2.29. The van der Waals surface area contributed by atoms with Gasteiger partial charge in [0, 0.05) is 23.7 Å². The molecule has 0 fully saturated rings. The number of amides is 2. The van der Waals surface area contributed by atoms with Gasteiger partial charge in [-0.3, -0.25) is 9.48 Å². The first-order chi connectivity index (χ1) is 10.6. The van der Waals surface area contributed by atoms with Crippen LogP contribution in [0.15, 0.2) is 23.7 Å². The van der Waals surface area contributed by atoms with Crippen molar-refractivity contribution in [3.05, 3.63) is 29.4 Å². The first-order valence-corrected chi connectivity index (χ1v) is 7.27. The molecular weight excluding hydrogens is 303 g/mol. The topological polar surface area (TPSA) is 99.2 Å². The van der Waals surface area contributed by atoms with E-state index in [0.717, 1.165) is 0 Å². The van der Waals surface area contributed by atoms with Gasteiger partial charge in [0.25, 0.3) is 5.91 Å². The average Bonchev–Trinajstić information content (AvgIpc) is 2.90. The standard InChI is InChI=1S/C15H23FN4O3/c1-5-18-13(21)11-6-7-20(19-11)8-10(9-23-14(17)22)12(16)15(2,3)4/h6-7H,5,8-9H2,1-4H3,(H2,17,22)(H,18,21). The lowest BCUT2D eigenvalue weighted by Crippen LogP contribution is -2.23. The van der Waals surface area contributed by atoms with Crippen molar-refractivity contribution in [2.24, 2.45) is 11.1 Å². The molecule has 2 amide bonds. The number of aromatic nitrogens is 2. The maximum absolute atomic E-state index is 14.5. The molecule has 0 radical (unpaired) electrons. The van der Waals surface area contributed by atoms with Gasteiger partial charge in [0.2, 0.25) is 0 Å². The number of hydrogen-bond acceptors (Lipinski definition) is 4. The second kappa shape index (κ2) is 7.75. The fraction of sp³-hybridized carbons (Fsp3) is 0.533. The summed E-state index contributed by atoms with van der Waals surface area (Å²) < 4.78 is 20.6. The van der Waals surface area contributed by atoms with Crippen molar-refractivity contribution in [1.29, 1.82) is 0 Å². The van der Waals surface area contributed by atoms with E-state index in [1.807, 2.05) is 0 Å². The zero-order valence-electron chi connectivity index (χ0n) is 13.9. The molecule has 0 spiro atoms. The molecular formula is C15H23FN4O3. The first kappa shape index (κ1) is 18.7. The van der Waals surface area contributed by atoms with Crippen molar-refractivity contribution in [2.45, 2.75) is 34.2 Å². The fourth-order valence-electron chi connectivity index (χ4n) is 1.88. The van der Waals surface area contributed by atoms with E-state index < -0.39 is 17.3 Å². The highest BCUT2D eigenvalue weighted by Gasteiger charge is 2.23. The molecule has 0 aliphatic rings. The summed E-state index contributed by atoms with van der Waals surface area (Å²) in [6.45, 7) is 7.18. The zero-order chi connectivity index (χ0) is 17.6. The van der Waals surface area contributed by atoms with E-state index in [1.54, 1.807) is 33.9 Å². The van der Waals surface area contributed by atoms with Gasteiger partial charge < -0.3 is 15.8 Å². The van der Waals surface area contributed by atoms with Crippen LogP contribution in [0.2, 0.25) is 0 Å². The van der Waals surface area contributed by atoms with E-state index in [4.69, 9.17) is 10.5 Å². The van der Waals surface area contributed by atoms with Gasteiger partial charge >= 0.3 is 6.09 Å². The molecule has 1 heterocycles. The van der Waals surface area contributed by atoms with E-state index in [2.05, 4.69) is 10.4 Å². The summed E-state index contributed by atoms with van der Waals surface area (Å²) in [5.41, 5.74) is 4.67. The minimum Gasteiger partial charge on any atom is -0.445 e. The van der Waals surface area contributed by atoms with E-state index >= 15 is 0 Å². The van der Waals surface area contributed by atoms with Crippen molar-refractivity contribution >= 4 is 12.0 Å². The summed E-state index contributed by atoms with van der Waals surface area (Å²) in [5, 5.41) is 6.72. The van der Waals surface area contributed by atoms with Crippen LogP contribution in [0.3, 0.4) is 0 Å². The molecule has 0 saturated carbocycles. The summed E-state index contributed by atoms with van der Waals surface area (Å²) in [4.78, 5) is 22.5. The van der Waals surface area contributed by atoms with Gasteiger partial charge in [0.1, 0.15) is 18.1 Å². The fourth-order valence-corrected chi connectivity index (χ4v) is 1.88. The predicted molar refractivity (Wildman–Crippen MR) is 83.4 cm³/mol. The highest BCUT2D eigenvalue weighted by atomic mass is 19.1. The number of ether oxygens (including phenoxy) is 1. The SMILES string of the molecule is CCNC(=O)c1ccn(CC(COC(N)=O)=C(F)C(C)(C)C)n1. The van der Waals surface area contributed by atoms with Crippen LogP contribution in [0, 0.1) is 5.41 Å². The summed E-state index contributed by atoms with van der Waals surface area (Å²) in [7, 11) is 0. The van der Waals surface area contributed by atoms with Crippen molar-refractivity contribution in [3.63, 3.8) is 0 Å². The lowest BCUT2D eigenvalue weighted by Gasteiger charge is -2.20. The molecule has 0 atom stereocenters. The third-order valence-electron chi connectivity index (χ3n) is 2.92. The van der Waals surface area contributed by atoms with Gasteiger partial charge in [-0.25, -0.2) is 9.18 Å². The molecule has 3 N–H and O–H groups in total. The molecule has 1 aromatic heterocycles. The molecule has 0 unspecified atom stereocenters. The molecule has 23 heavy (non-hydrogen) atoms. The number of rotatable bonds is 6. The van der Waals surface area contributed by atoms with Crippen LogP contribution in [0.25, 0.3) is 0 Å². The molecule has 128 valence electrons. The summed E-state index contributed by atoms with van der Waals surface area (Å²) in [6.07, 6.45) is 0.581. The molecule has 0 aliphatic heterocycles. The molecule has 0 saturated heterocycles. The van der Waals surface area contributed by atoms with E-state index in [9.17, 15) is 14.0 Å². The van der Waals surface area contributed by atoms with Gasteiger partial charge in [0.15, 0.2) is 0 Å². The van der Waals surface area contributed by atoms with Gasteiger partial charge in [0.05, 0.1) is 6.54 Å². The molecule has 8 heteroatoms.